The molecule has 0 saturated heterocycles. The van der Waals surface area contributed by atoms with Crippen molar-refractivity contribution in [3.8, 4) is 0 Å². The van der Waals surface area contributed by atoms with E-state index in [1.54, 1.807) is 0 Å². The monoisotopic (exact) mass is 355 g/mol. The van der Waals surface area contributed by atoms with Gasteiger partial charge in [-0.15, -0.1) is 0 Å². The average Bonchev–Trinajstić information content (AvgIpc) is 2.68. The van der Waals surface area contributed by atoms with Crippen LogP contribution in [-0.2, 0) is 0 Å². The molecule has 0 N–H and O–H groups in total. The van der Waals surface area contributed by atoms with Gasteiger partial charge in [0.2, 0.25) is 0 Å². The minimum atomic E-state index is 0.0539. The molecule has 0 atom stereocenters. The van der Waals surface area contributed by atoms with Gasteiger partial charge in [0.15, 0.2) is 5.78 Å². The van der Waals surface area contributed by atoms with Crippen molar-refractivity contribution < 1.29 is 4.79 Å². The first-order valence-corrected chi connectivity index (χ1v) is 9.26. The van der Waals surface area contributed by atoms with Crippen LogP contribution in [0.2, 0.25) is 0 Å². The van der Waals surface area contributed by atoms with E-state index in [0.717, 1.165) is 21.9 Å². The van der Waals surface area contributed by atoms with Gasteiger partial charge in [0, 0.05) is 16.0 Å². The molecule has 4 rings (SSSR count). The van der Waals surface area contributed by atoms with Crippen molar-refractivity contribution in [3.05, 3.63) is 107 Å². The predicted octanol–water partition coefficient (Wildman–Crippen LogP) is 5.99. The third-order valence-electron chi connectivity index (χ3n) is 4.19. The van der Waals surface area contributed by atoms with E-state index in [1.165, 1.54) is 17.3 Å². The van der Waals surface area contributed by atoms with Gasteiger partial charge in [0.05, 0.1) is 16.3 Å². The molecule has 0 bridgehead atoms. The summed E-state index contributed by atoms with van der Waals surface area (Å²) >= 11 is 1.49. The zero-order valence-electron chi connectivity index (χ0n) is 14.3. The maximum absolute atomic E-state index is 12.9. The van der Waals surface area contributed by atoms with Crippen LogP contribution in [0.25, 0.3) is 0 Å². The summed E-state index contributed by atoms with van der Waals surface area (Å²) in [6.07, 6.45) is 1.90. The maximum Gasteiger partial charge on any atom is 0.200 e. The van der Waals surface area contributed by atoms with Crippen LogP contribution in [0.4, 0.5) is 5.69 Å². The highest BCUT2D eigenvalue weighted by atomic mass is 32.2. The summed E-state index contributed by atoms with van der Waals surface area (Å²) in [7, 11) is 0. The number of aryl methyl sites for hydroxylation is 1. The lowest BCUT2D eigenvalue weighted by Crippen LogP contribution is -2.16. The van der Waals surface area contributed by atoms with Crippen molar-refractivity contribution in [1.82, 2.24) is 0 Å². The van der Waals surface area contributed by atoms with Gasteiger partial charge in [0.1, 0.15) is 0 Å². The molecule has 0 radical (unpaired) electrons. The number of aliphatic imine (C=N–C) groups is 1. The van der Waals surface area contributed by atoms with Crippen LogP contribution in [-0.4, -0.2) is 11.5 Å². The maximum atomic E-state index is 12.9. The molecule has 3 heteroatoms. The number of Topliss-reactive ketones (excluding diaryl/α,β-unsaturated/α-hetero) is 1. The van der Waals surface area contributed by atoms with E-state index in [0.29, 0.717) is 10.5 Å². The van der Waals surface area contributed by atoms with Crippen LogP contribution < -0.4 is 0 Å². The number of hydrogen-bond donors (Lipinski definition) is 0. The molecule has 0 amide bonds. The molecule has 3 aromatic rings. The van der Waals surface area contributed by atoms with Crippen LogP contribution in [0, 0.1) is 6.92 Å². The number of allylic oxidation sites excluding steroid dienone is 2. The zero-order valence-corrected chi connectivity index (χ0v) is 15.2. The lowest BCUT2D eigenvalue weighted by Gasteiger charge is -2.17. The number of nitrogens with zero attached hydrogens (tertiary/aromatic N) is 1. The highest BCUT2D eigenvalue weighted by Gasteiger charge is 2.24. The minimum absolute atomic E-state index is 0.0539. The largest absolute Gasteiger partial charge is 0.288 e. The SMILES string of the molecule is Cc1ccc(SC2=CC(=Nc3ccccc3)c3ccccc3C2=O)cc1. The molecule has 0 unspecified atom stereocenters. The molecule has 0 aliphatic heterocycles. The van der Waals surface area contributed by atoms with Gasteiger partial charge in [-0.05, 0) is 37.3 Å². The fraction of sp³-hybridized carbons (Fsp3) is 0.0435. The van der Waals surface area contributed by atoms with Crippen molar-refractivity contribution in [3.63, 3.8) is 0 Å². The quantitative estimate of drug-likeness (QED) is 0.577. The van der Waals surface area contributed by atoms with Gasteiger partial charge in [0.25, 0.3) is 0 Å². The molecule has 0 aromatic heterocycles. The molecule has 1 aliphatic carbocycles. The number of fused-ring (bicyclic) bond motifs is 1. The Hall–Kier alpha value is -2.91. The number of benzene rings is 3. The van der Waals surface area contributed by atoms with Gasteiger partial charge in [-0.2, -0.15) is 0 Å². The van der Waals surface area contributed by atoms with Crippen LogP contribution in [0.15, 0.2) is 99.7 Å². The molecule has 3 aromatic carbocycles. The van der Waals surface area contributed by atoms with Crippen LogP contribution in [0.5, 0.6) is 0 Å². The first-order chi connectivity index (χ1) is 12.7. The second-order valence-corrected chi connectivity index (χ2v) is 7.25. The van der Waals surface area contributed by atoms with E-state index in [2.05, 4.69) is 19.1 Å². The summed E-state index contributed by atoms with van der Waals surface area (Å²) in [5, 5.41) is 0. The molecule has 1 aliphatic rings. The minimum Gasteiger partial charge on any atom is -0.288 e. The summed E-state index contributed by atoms with van der Waals surface area (Å²) < 4.78 is 0. The van der Waals surface area contributed by atoms with Crippen molar-refractivity contribution in [2.45, 2.75) is 11.8 Å². The number of para-hydroxylation sites is 1. The van der Waals surface area contributed by atoms with Gasteiger partial charge >= 0.3 is 0 Å². The zero-order chi connectivity index (χ0) is 17.9. The summed E-state index contributed by atoms with van der Waals surface area (Å²) in [6.45, 7) is 2.06. The fourth-order valence-electron chi connectivity index (χ4n) is 2.85. The Bertz CT molecular complexity index is 1020. The Morgan fingerprint density at radius 3 is 2.15 bits per heavy atom. The van der Waals surface area contributed by atoms with E-state index in [-0.39, 0.29) is 5.78 Å². The van der Waals surface area contributed by atoms with E-state index < -0.39 is 0 Å². The number of hydrogen-bond acceptors (Lipinski definition) is 3. The average molecular weight is 355 g/mol. The Balaban J connectivity index is 1.78. The van der Waals surface area contributed by atoms with Gasteiger partial charge in [-0.1, -0.05) is 71.9 Å². The molecule has 0 heterocycles. The Kier molecular flexibility index (Phi) is 4.55. The summed E-state index contributed by atoms with van der Waals surface area (Å²) in [4.78, 5) is 19.5. The van der Waals surface area contributed by atoms with Gasteiger partial charge in [-0.3, -0.25) is 4.79 Å². The standard InChI is InChI=1S/C23H17NOS/c1-16-11-13-18(14-12-16)26-22-15-21(24-17-7-3-2-4-8-17)19-9-5-6-10-20(19)23(22)25/h2-15H,1H3. The predicted molar refractivity (Wildman–Crippen MR) is 109 cm³/mol. The van der Waals surface area contributed by atoms with E-state index in [4.69, 9.17) is 4.99 Å². The van der Waals surface area contributed by atoms with Crippen molar-refractivity contribution in [1.29, 1.82) is 0 Å². The first kappa shape index (κ1) is 16.6. The van der Waals surface area contributed by atoms with Gasteiger partial charge in [-0.25, -0.2) is 4.99 Å². The molecule has 2 nitrogen and oxygen atoms in total. The topological polar surface area (TPSA) is 29.4 Å². The number of carbonyl (C=O) groups is 1. The summed E-state index contributed by atoms with van der Waals surface area (Å²) in [5.41, 5.74) is 4.49. The van der Waals surface area contributed by atoms with Crippen molar-refractivity contribution in [2.75, 3.05) is 0 Å². The number of rotatable bonds is 3. The molecular formula is C23H17NOS. The number of ketones is 1. The highest BCUT2D eigenvalue weighted by molar-refractivity contribution is 8.04. The third-order valence-corrected chi connectivity index (χ3v) is 5.22. The smallest absolute Gasteiger partial charge is 0.200 e. The third kappa shape index (κ3) is 3.39. The van der Waals surface area contributed by atoms with Crippen LogP contribution >= 0.6 is 11.8 Å². The molecule has 126 valence electrons. The number of carbonyl (C=O) groups excluding carboxylic acids is 1. The van der Waals surface area contributed by atoms with Crippen LogP contribution in [0.1, 0.15) is 21.5 Å². The lowest BCUT2D eigenvalue weighted by molar-refractivity contribution is 0.104. The molecule has 0 spiro atoms. The van der Waals surface area contributed by atoms with E-state index >= 15 is 0 Å². The van der Waals surface area contributed by atoms with Crippen molar-refractivity contribution in [2.24, 2.45) is 4.99 Å². The van der Waals surface area contributed by atoms with Gasteiger partial charge < -0.3 is 0 Å². The van der Waals surface area contributed by atoms with Crippen LogP contribution in [0.3, 0.4) is 0 Å². The Morgan fingerprint density at radius 1 is 0.769 bits per heavy atom. The van der Waals surface area contributed by atoms with E-state index in [9.17, 15) is 4.79 Å². The summed E-state index contributed by atoms with van der Waals surface area (Å²) in [6, 6.07) is 25.7. The summed E-state index contributed by atoms with van der Waals surface area (Å²) in [5.74, 6) is 0.0539. The Labute approximate surface area is 157 Å². The molecule has 0 fully saturated rings. The van der Waals surface area contributed by atoms with E-state index in [1.807, 2.05) is 72.8 Å². The molecule has 26 heavy (non-hydrogen) atoms. The number of thioether (sulfide) groups is 1. The lowest BCUT2D eigenvalue weighted by atomic mass is 9.94. The second-order valence-electron chi connectivity index (χ2n) is 6.13. The second kappa shape index (κ2) is 7.14. The first-order valence-electron chi connectivity index (χ1n) is 8.45. The molecular weight excluding hydrogens is 338 g/mol. The highest BCUT2D eigenvalue weighted by Crippen LogP contribution is 2.34. The van der Waals surface area contributed by atoms with Crippen molar-refractivity contribution >= 4 is 28.9 Å². The Morgan fingerprint density at radius 2 is 1.42 bits per heavy atom. The molecule has 0 saturated carbocycles. The normalized spacial score (nSPS) is 14.9. The fourth-order valence-corrected chi connectivity index (χ4v) is 3.75.